The van der Waals surface area contributed by atoms with E-state index in [2.05, 4.69) is 24.3 Å². The van der Waals surface area contributed by atoms with Crippen molar-refractivity contribution < 1.29 is 5.11 Å². The van der Waals surface area contributed by atoms with Crippen molar-refractivity contribution in [2.75, 3.05) is 0 Å². The number of phenols is 1. The van der Waals surface area contributed by atoms with E-state index in [9.17, 15) is 5.11 Å². The average molecular weight is 279 g/mol. The van der Waals surface area contributed by atoms with Gasteiger partial charge < -0.3 is 5.11 Å². The first-order valence-corrected chi connectivity index (χ1v) is 7.71. The van der Waals surface area contributed by atoms with E-state index in [1.807, 2.05) is 54.6 Å². The summed E-state index contributed by atoms with van der Waals surface area (Å²) in [6.45, 7) is 0. The van der Waals surface area contributed by atoms with Crippen molar-refractivity contribution in [3.63, 3.8) is 0 Å². The molecule has 0 saturated heterocycles. The minimum Gasteiger partial charge on any atom is -0.503 e. The van der Waals surface area contributed by atoms with E-state index < -0.39 is 0 Å². The minimum atomic E-state index is -0.276. The van der Waals surface area contributed by atoms with Crippen molar-refractivity contribution in [2.45, 2.75) is 14.7 Å². The lowest BCUT2D eigenvalue weighted by atomic mass is 10.3. The molecule has 0 aliphatic carbocycles. The molecule has 1 N–H and O–H groups in total. The molecule has 0 radical (unpaired) electrons. The van der Waals surface area contributed by atoms with Gasteiger partial charge in [-0.3, -0.25) is 0 Å². The predicted molar refractivity (Wildman–Crippen MR) is 83.2 cm³/mol. The molecule has 0 aliphatic rings. The van der Waals surface area contributed by atoms with Gasteiger partial charge in [0.1, 0.15) is 10.9 Å². The first-order valence-electron chi connectivity index (χ1n) is 6.48. The Morgan fingerprint density at radius 3 is 1.50 bits per heavy atom. The van der Waals surface area contributed by atoms with Crippen LogP contribution in [0.15, 0.2) is 99.6 Å². The van der Waals surface area contributed by atoms with Crippen molar-refractivity contribution in [1.82, 2.24) is 0 Å². The molecule has 0 bridgehead atoms. The van der Waals surface area contributed by atoms with Crippen LogP contribution in [0.4, 0.5) is 0 Å². The molecular formula is C18H15OS+. The van der Waals surface area contributed by atoms with Crippen molar-refractivity contribution in [1.29, 1.82) is 0 Å². The molecule has 0 aromatic heterocycles. The van der Waals surface area contributed by atoms with Crippen LogP contribution in [0.1, 0.15) is 0 Å². The van der Waals surface area contributed by atoms with E-state index in [0.717, 1.165) is 4.90 Å². The van der Waals surface area contributed by atoms with Crippen molar-refractivity contribution in [3.8, 4) is 5.75 Å². The molecule has 3 rings (SSSR count). The molecule has 98 valence electrons. The maximum atomic E-state index is 10.2. The lowest BCUT2D eigenvalue weighted by Gasteiger charge is -2.08. The number of rotatable bonds is 3. The van der Waals surface area contributed by atoms with Crippen molar-refractivity contribution in [2.24, 2.45) is 0 Å². The van der Waals surface area contributed by atoms with Gasteiger partial charge in [0.25, 0.3) is 0 Å². The number of para-hydroxylation sites is 1. The minimum absolute atomic E-state index is 0.276. The molecule has 20 heavy (non-hydrogen) atoms. The summed E-state index contributed by atoms with van der Waals surface area (Å²) in [7, 11) is -0.276. The topological polar surface area (TPSA) is 20.2 Å². The highest BCUT2D eigenvalue weighted by Gasteiger charge is 2.30. The number of phenolic OH excluding ortho intramolecular Hbond substituents is 1. The van der Waals surface area contributed by atoms with Crippen molar-refractivity contribution in [3.05, 3.63) is 84.9 Å². The van der Waals surface area contributed by atoms with Gasteiger partial charge in [0.05, 0.1) is 0 Å². The Balaban J connectivity index is 2.17. The summed E-state index contributed by atoms with van der Waals surface area (Å²) in [5.41, 5.74) is 0. The Labute approximate surface area is 121 Å². The summed E-state index contributed by atoms with van der Waals surface area (Å²) >= 11 is 0. The van der Waals surface area contributed by atoms with Crippen LogP contribution in [0.3, 0.4) is 0 Å². The van der Waals surface area contributed by atoms with Gasteiger partial charge in [-0.15, -0.1) is 0 Å². The van der Waals surface area contributed by atoms with E-state index in [0.29, 0.717) is 5.75 Å². The standard InChI is InChI=1S/C18H14OS/c19-17-13-7-8-14-18(17)20(15-9-3-1-4-10-15)16-11-5-2-6-12-16/h1-14H/p+1. The predicted octanol–water partition coefficient (Wildman–Crippen LogP) is 4.49. The second-order valence-corrected chi connectivity index (χ2v) is 6.40. The quantitative estimate of drug-likeness (QED) is 0.700. The number of benzene rings is 3. The third-order valence-electron chi connectivity index (χ3n) is 3.04. The largest absolute Gasteiger partial charge is 0.503 e. The maximum Gasteiger partial charge on any atom is 0.208 e. The van der Waals surface area contributed by atoms with Gasteiger partial charge >= 0.3 is 0 Å². The van der Waals surface area contributed by atoms with Crippen LogP contribution < -0.4 is 0 Å². The highest BCUT2D eigenvalue weighted by atomic mass is 32.2. The van der Waals surface area contributed by atoms with Gasteiger partial charge in [-0.1, -0.05) is 48.5 Å². The van der Waals surface area contributed by atoms with Gasteiger partial charge in [-0.2, -0.15) is 0 Å². The number of hydrogen-bond acceptors (Lipinski definition) is 1. The monoisotopic (exact) mass is 279 g/mol. The molecule has 2 heteroatoms. The van der Waals surface area contributed by atoms with Gasteiger partial charge in [-0.05, 0) is 36.4 Å². The fourth-order valence-corrected chi connectivity index (χ4v) is 4.26. The van der Waals surface area contributed by atoms with Crippen molar-refractivity contribution >= 4 is 10.9 Å². The van der Waals surface area contributed by atoms with Crippen LogP contribution in [-0.4, -0.2) is 5.11 Å². The zero-order valence-electron chi connectivity index (χ0n) is 10.9. The Hall–Kier alpha value is -2.19. The zero-order valence-corrected chi connectivity index (χ0v) is 11.8. The Morgan fingerprint density at radius 2 is 1.00 bits per heavy atom. The first kappa shape index (κ1) is 12.8. The Kier molecular flexibility index (Phi) is 3.75. The van der Waals surface area contributed by atoms with E-state index in [1.165, 1.54) is 9.79 Å². The van der Waals surface area contributed by atoms with Gasteiger partial charge in [-0.25, -0.2) is 0 Å². The van der Waals surface area contributed by atoms with Crippen LogP contribution >= 0.6 is 0 Å². The van der Waals surface area contributed by atoms with E-state index in [-0.39, 0.29) is 10.9 Å². The fraction of sp³-hybridized carbons (Fsp3) is 0. The Bertz CT molecular complexity index is 641. The first-order chi connectivity index (χ1) is 9.86. The number of aromatic hydroxyl groups is 1. The molecule has 0 spiro atoms. The van der Waals surface area contributed by atoms with Crippen LogP contribution in [0, 0.1) is 0 Å². The molecule has 0 saturated carbocycles. The summed E-state index contributed by atoms with van der Waals surface area (Å²) in [6.07, 6.45) is 0. The molecule has 1 nitrogen and oxygen atoms in total. The molecule has 3 aromatic rings. The lowest BCUT2D eigenvalue weighted by molar-refractivity contribution is 0.462. The summed E-state index contributed by atoms with van der Waals surface area (Å²) in [6, 6.07) is 28.2. The summed E-state index contributed by atoms with van der Waals surface area (Å²) in [5, 5.41) is 10.2. The van der Waals surface area contributed by atoms with E-state index >= 15 is 0 Å². The van der Waals surface area contributed by atoms with Gasteiger partial charge in [0.2, 0.25) is 4.90 Å². The molecule has 3 aromatic carbocycles. The molecule has 0 unspecified atom stereocenters. The highest BCUT2D eigenvalue weighted by molar-refractivity contribution is 7.97. The van der Waals surface area contributed by atoms with E-state index in [4.69, 9.17) is 0 Å². The van der Waals surface area contributed by atoms with Crippen LogP contribution in [0.25, 0.3) is 0 Å². The molecule has 0 aliphatic heterocycles. The highest BCUT2D eigenvalue weighted by Crippen LogP contribution is 2.35. The maximum absolute atomic E-state index is 10.2. The summed E-state index contributed by atoms with van der Waals surface area (Å²) in [5.74, 6) is 0.350. The molecule has 0 atom stereocenters. The second-order valence-electron chi connectivity index (χ2n) is 4.40. The molecular weight excluding hydrogens is 264 g/mol. The molecule has 0 fully saturated rings. The smallest absolute Gasteiger partial charge is 0.208 e. The van der Waals surface area contributed by atoms with Gasteiger partial charge in [0.15, 0.2) is 15.5 Å². The number of hydrogen-bond donors (Lipinski definition) is 1. The lowest BCUT2D eigenvalue weighted by Crippen LogP contribution is -2.04. The second kappa shape index (κ2) is 5.85. The summed E-state index contributed by atoms with van der Waals surface area (Å²) < 4.78 is 0. The Morgan fingerprint density at radius 1 is 0.550 bits per heavy atom. The third kappa shape index (κ3) is 2.56. The fourth-order valence-electron chi connectivity index (χ4n) is 2.13. The van der Waals surface area contributed by atoms with Crippen LogP contribution in [0.2, 0.25) is 0 Å². The van der Waals surface area contributed by atoms with Gasteiger partial charge in [0, 0.05) is 0 Å². The normalized spacial score (nSPS) is 10.7. The summed E-state index contributed by atoms with van der Waals surface area (Å²) in [4.78, 5) is 3.38. The molecule has 0 amide bonds. The van der Waals surface area contributed by atoms with Crippen LogP contribution in [0.5, 0.6) is 5.75 Å². The van der Waals surface area contributed by atoms with E-state index in [1.54, 1.807) is 6.07 Å². The zero-order chi connectivity index (χ0) is 13.8. The van der Waals surface area contributed by atoms with Crippen LogP contribution in [-0.2, 0) is 10.9 Å². The molecule has 0 heterocycles. The third-order valence-corrected chi connectivity index (χ3v) is 5.32. The average Bonchev–Trinajstić information content (AvgIpc) is 2.52. The SMILES string of the molecule is Oc1ccccc1[S+](c1ccccc1)c1ccccc1.